The Balaban J connectivity index is 1.65. The van der Waals surface area contributed by atoms with Gasteiger partial charge in [0.05, 0.1) is 11.1 Å². The van der Waals surface area contributed by atoms with Crippen molar-refractivity contribution in [1.29, 1.82) is 0 Å². The highest BCUT2D eigenvalue weighted by Gasteiger charge is 2.31. The van der Waals surface area contributed by atoms with E-state index in [0.717, 1.165) is 37.2 Å². The summed E-state index contributed by atoms with van der Waals surface area (Å²) in [7, 11) is 0. The zero-order valence-electron chi connectivity index (χ0n) is 19.6. The molecule has 4 rings (SSSR count). The monoisotopic (exact) mass is 521 g/mol. The summed E-state index contributed by atoms with van der Waals surface area (Å²) in [6.07, 6.45) is -8.18. The molecule has 3 aromatic rings. The van der Waals surface area contributed by atoms with E-state index in [4.69, 9.17) is 5.73 Å². The number of benzene rings is 3. The molecule has 37 heavy (non-hydrogen) atoms. The number of rotatable bonds is 6. The highest BCUT2D eigenvalue weighted by molar-refractivity contribution is 5.97. The number of halogens is 6. The summed E-state index contributed by atoms with van der Waals surface area (Å²) in [6.45, 7) is 1.66. The van der Waals surface area contributed by atoms with Crippen molar-refractivity contribution in [2.75, 3.05) is 19.6 Å². The van der Waals surface area contributed by atoms with Crippen molar-refractivity contribution in [2.45, 2.75) is 24.8 Å². The molecule has 3 aromatic carbocycles. The number of nitrogens with one attached hydrogen (secondary N) is 2. The van der Waals surface area contributed by atoms with Crippen molar-refractivity contribution < 1.29 is 31.1 Å². The molecule has 196 valence electrons. The average Bonchev–Trinajstić information content (AvgIpc) is 3.34. The Morgan fingerprint density at radius 3 is 1.70 bits per heavy atom. The van der Waals surface area contributed by atoms with Gasteiger partial charge in [-0.15, -0.1) is 0 Å². The first-order chi connectivity index (χ1) is 17.4. The van der Waals surface area contributed by atoms with Crippen LogP contribution in [0.1, 0.15) is 27.9 Å². The van der Waals surface area contributed by atoms with Gasteiger partial charge < -0.3 is 16.4 Å². The van der Waals surface area contributed by atoms with Crippen molar-refractivity contribution in [2.24, 2.45) is 11.7 Å². The molecular weight excluding hydrogens is 496 g/mol. The molecule has 10 heteroatoms. The largest absolute Gasteiger partial charge is 0.416 e. The maximum absolute atomic E-state index is 13.0. The minimum Gasteiger partial charge on any atom is -0.350 e. The van der Waals surface area contributed by atoms with E-state index >= 15 is 0 Å². The molecule has 1 aliphatic heterocycles. The van der Waals surface area contributed by atoms with Crippen LogP contribution in [0.5, 0.6) is 0 Å². The van der Waals surface area contributed by atoms with Gasteiger partial charge in [0.15, 0.2) is 0 Å². The Bertz CT molecular complexity index is 1160. The summed E-state index contributed by atoms with van der Waals surface area (Å²) in [6, 6.07) is 13.8. The van der Waals surface area contributed by atoms with Crippen LogP contribution in [0.25, 0.3) is 22.3 Å². The lowest BCUT2D eigenvalue weighted by Crippen LogP contribution is -2.37. The smallest absolute Gasteiger partial charge is 0.350 e. The zero-order chi connectivity index (χ0) is 26.8. The number of nitrogens with two attached hydrogens (primary N) is 1. The normalized spacial score (nSPS) is 18.1. The minimum atomic E-state index is -4.50. The molecule has 1 aliphatic rings. The van der Waals surface area contributed by atoms with Crippen LogP contribution in [0.2, 0.25) is 0 Å². The van der Waals surface area contributed by atoms with E-state index in [9.17, 15) is 31.1 Å². The lowest BCUT2D eigenvalue weighted by Gasteiger charge is -2.15. The van der Waals surface area contributed by atoms with Crippen LogP contribution >= 0.6 is 0 Å². The van der Waals surface area contributed by atoms with E-state index in [1.54, 1.807) is 18.2 Å². The Kier molecular flexibility index (Phi) is 7.61. The van der Waals surface area contributed by atoms with Crippen molar-refractivity contribution >= 4 is 5.91 Å². The number of hydrogen-bond donors (Lipinski definition) is 3. The quantitative estimate of drug-likeness (QED) is 0.364. The standard InChI is InChI=1S/C27H25F6N3O/c28-26(29,30)22-5-1-17(2-6-22)19-10-20(18-3-7-23(8-4-18)27(31,32)33)12-21(11-19)25(37)36-15-24-9-16(13-34)14-35-24/h1-8,10-12,16,24,35H,9,13-15,34H2,(H,36,37)/t16-,24+/m1/s1. The SMILES string of the molecule is NC[C@@H]1CN[C@H](CNC(=O)c2cc(-c3ccc(C(F)(F)F)cc3)cc(-c3ccc(C(F)(F)F)cc3)c2)C1. The number of amides is 1. The van der Waals surface area contributed by atoms with Crippen LogP contribution < -0.4 is 16.4 Å². The molecule has 0 unspecified atom stereocenters. The van der Waals surface area contributed by atoms with Crippen LogP contribution in [0.4, 0.5) is 26.3 Å². The van der Waals surface area contributed by atoms with E-state index in [1.807, 2.05) is 0 Å². The Morgan fingerprint density at radius 1 is 0.811 bits per heavy atom. The second kappa shape index (κ2) is 10.5. The van der Waals surface area contributed by atoms with Crippen LogP contribution in [-0.4, -0.2) is 31.6 Å². The van der Waals surface area contributed by atoms with Gasteiger partial charge in [0.1, 0.15) is 0 Å². The summed E-state index contributed by atoms with van der Waals surface area (Å²) in [5.74, 6) is -0.0731. The third kappa shape index (κ3) is 6.50. The van der Waals surface area contributed by atoms with Gasteiger partial charge in [0, 0.05) is 18.2 Å². The molecule has 1 saturated heterocycles. The molecule has 1 fully saturated rings. The molecule has 0 spiro atoms. The zero-order valence-corrected chi connectivity index (χ0v) is 19.6. The Hall–Kier alpha value is -3.37. The molecular formula is C27H25F6N3O. The first-order valence-electron chi connectivity index (χ1n) is 11.7. The number of carbonyl (C=O) groups is 1. The third-order valence-electron chi connectivity index (χ3n) is 6.44. The van der Waals surface area contributed by atoms with E-state index in [2.05, 4.69) is 10.6 Å². The second-order valence-corrected chi connectivity index (χ2v) is 9.10. The summed E-state index contributed by atoms with van der Waals surface area (Å²) in [5.41, 5.74) is 6.09. The van der Waals surface area contributed by atoms with Crippen LogP contribution in [0.15, 0.2) is 66.7 Å². The van der Waals surface area contributed by atoms with Crippen molar-refractivity contribution in [3.63, 3.8) is 0 Å². The van der Waals surface area contributed by atoms with Crippen LogP contribution in [0, 0.1) is 5.92 Å². The highest BCUT2D eigenvalue weighted by Crippen LogP contribution is 2.34. The maximum Gasteiger partial charge on any atom is 0.416 e. The fourth-order valence-corrected chi connectivity index (χ4v) is 4.35. The molecule has 4 N–H and O–H groups in total. The lowest BCUT2D eigenvalue weighted by atomic mass is 9.94. The summed E-state index contributed by atoms with van der Waals surface area (Å²) < 4.78 is 78.1. The van der Waals surface area contributed by atoms with Crippen molar-refractivity contribution in [3.8, 4) is 22.3 Å². The predicted octanol–water partition coefficient (Wildman–Crippen LogP) is 5.72. The molecule has 0 bridgehead atoms. The third-order valence-corrected chi connectivity index (χ3v) is 6.44. The minimum absolute atomic E-state index is 0.0602. The highest BCUT2D eigenvalue weighted by atomic mass is 19.4. The predicted molar refractivity (Wildman–Crippen MR) is 129 cm³/mol. The first-order valence-corrected chi connectivity index (χ1v) is 11.7. The fraction of sp³-hybridized carbons (Fsp3) is 0.296. The fourth-order valence-electron chi connectivity index (χ4n) is 4.35. The average molecular weight is 522 g/mol. The van der Waals surface area contributed by atoms with Crippen LogP contribution in [-0.2, 0) is 12.4 Å². The van der Waals surface area contributed by atoms with Gasteiger partial charge in [0.2, 0.25) is 0 Å². The number of alkyl halides is 6. The van der Waals surface area contributed by atoms with Crippen molar-refractivity contribution in [1.82, 2.24) is 10.6 Å². The number of hydrogen-bond acceptors (Lipinski definition) is 3. The van der Waals surface area contributed by atoms with Gasteiger partial charge in [-0.1, -0.05) is 24.3 Å². The van der Waals surface area contributed by atoms with E-state index in [-0.39, 0.29) is 11.6 Å². The summed E-state index contributed by atoms with van der Waals surface area (Å²) >= 11 is 0. The Labute approximate surface area is 209 Å². The van der Waals surface area contributed by atoms with E-state index < -0.39 is 29.4 Å². The summed E-state index contributed by atoms with van der Waals surface area (Å²) in [4.78, 5) is 13.0. The molecule has 0 saturated carbocycles. The van der Waals surface area contributed by atoms with Gasteiger partial charge in [-0.25, -0.2) is 0 Å². The maximum atomic E-state index is 13.0. The van der Waals surface area contributed by atoms with Crippen molar-refractivity contribution in [3.05, 3.63) is 83.4 Å². The van der Waals surface area contributed by atoms with E-state index in [1.165, 1.54) is 24.3 Å². The molecule has 1 amide bonds. The first kappa shape index (κ1) is 26.7. The van der Waals surface area contributed by atoms with Crippen LogP contribution in [0.3, 0.4) is 0 Å². The van der Waals surface area contributed by atoms with Gasteiger partial charge in [-0.3, -0.25) is 4.79 Å². The van der Waals surface area contributed by atoms with Gasteiger partial charge in [-0.2, -0.15) is 26.3 Å². The van der Waals surface area contributed by atoms with Gasteiger partial charge in [0.25, 0.3) is 5.91 Å². The summed E-state index contributed by atoms with van der Waals surface area (Å²) in [5, 5.41) is 6.16. The van der Waals surface area contributed by atoms with E-state index in [0.29, 0.717) is 41.3 Å². The Morgan fingerprint density at radius 2 is 1.30 bits per heavy atom. The van der Waals surface area contributed by atoms with Gasteiger partial charge in [-0.05, 0) is 90.1 Å². The molecule has 0 radical (unpaired) electrons. The second-order valence-electron chi connectivity index (χ2n) is 9.10. The lowest BCUT2D eigenvalue weighted by molar-refractivity contribution is -0.138. The topological polar surface area (TPSA) is 67.2 Å². The molecule has 0 aliphatic carbocycles. The molecule has 4 nitrogen and oxygen atoms in total. The molecule has 1 heterocycles. The molecule has 0 aromatic heterocycles. The van der Waals surface area contributed by atoms with Gasteiger partial charge >= 0.3 is 12.4 Å². The molecule has 2 atom stereocenters. The number of carbonyl (C=O) groups excluding carboxylic acids is 1.